The van der Waals surface area contributed by atoms with Gasteiger partial charge in [-0.15, -0.1) is 0 Å². The number of rotatable bonds is 8. The predicted molar refractivity (Wildman–Crippen MR) is 119 cm³/mol. The van der Waals surface area contributed by atoms with Gasteiger partial charge in [0.15, 0.2) is 11.6 Å². The van der Waals surface area contributed by atoms with Gasteiger partial charge >= 0.3 is 0 Å². The van der Waals surface area contributed by atoms with Crippen LogP contribution in [0.1, 0.15) is 46.0 Å². The van der Waals surface area contributed by atoms with Gasteiger partial charge in [0.25, 0.3) is 0 Å². The molecule has 2 heterocycles. The van der Waals surface area contributed by atoms with Crippen molar-refractivity contribution in [2.45, 2.75) is 25.2 Å². The van der Waals surface area contributed by atoms with Crippen molar-refractivity contribution < 1.29 is 17.8 Å². The Bertz CT molecular complexity index is 1260. The molecular formula is C26H20F2N4O2. The Kier molecular flexibility index (Phi) is 6.20. The summed E-state index contributed by atoms with van der Waals surface area (Å²) in [5.41, 5.74) is 2.78. The molecule has 5 aromatic rings. The average Bonchev–Trinajstić information content (AvgIpc) is 3.51. The van der Waals surface area contributed by atoms with Gasteiger partial charge in [-0.3, -0.25) is 0 Å². The summed E-state index contributed by atoms with van der Waals surface area (Å²) in [6, 6.07) is 22.2. The first kappa shape index (κ1) is 21.6. The molecule has 2 aromatic heterocycles. The second-order valence-corrected chi connectivity index (χ2v) is 7.95. The van der Waals surface area contributed by atoms with Gasteiger partial charge in [0.1, 0.15) is 17.6 Å². The van der Waals surface area contributed by atoms with Crippen molar-refractivity contribution in [1.82, 2.24) is 20.3 Å². The van der Waals surface area contributed by atoms with Crippen molar-refractivity contribution in [3.63, 3.8) is 0 Å². The molecule has 0 amide bonds. The molecule has 34 heavy (non-hydrogen) atoms. The average molecular weight is 458 g/mol. The molecule has 0 saturated heterocycles. The van der Waals surface area contributed by atoms with Gasteiger partial charge in [0, 0.05) is 12.8 Å². The Hall–Kier alpha value is -4.20. The first-order valence-electron chi connectivity index (χ1n) is 10.8. The molecule has 0 radical (unpaired) electrons. The van der Waals surface area contributed by atoms with Crippen LogP contribution in [0, 0.1) is 11.6 Å². The van der Waals surface area contributed by atoms with Crippen LogP contribution in [-0.4, -0.2) is 20.3 Å². The number of nitrogens with zero attached hydrogens (tertiary/aromatic N) is 4. The first-order chi connectivity index (χ1) is 16.6. The van der Waals surface area contributed by atoms with Crippen LogP contribution in [0.5, 0.6) is 0 Å². The summed E-state index contributed by atoms with van der Waals surface area (Å²) in [5.74, 6) is 0.639. The maximum Gasteiger partial charge on any atom is 0.239 e. The molecule has 0 spiro atoms. The summed E-state index contributed by atoms with van der Waals surface area (Å²) in [7, 11) is 0. The molecular weight excluding hydrogens is 438 g/mol. The lowest BCUT2D eigenvalue weighted by Gasteiger charge is -2.08. The van der Waals surface area contributed by atoms with Crippen LogP contribution in [-0.2, 0) is 19.3 Å². The van der Waals surface area contributed by atoms with Crippen LogP contribution < -0.4 is 0 Å². The quantitative estimate of drug-likeness (QED) is 0.315. The zero-order valence-electron chi connectivity index (χ0n) is 18.1. The highest BCUT2D eigenvalue weighted by Gasteiger charge is 2.27. The summed E-state index contributed by atoms with van der Waals surface area (Å²) < 4.78 is 37.6. The zero-order valence-corrected chi connectivity index (χ0v) is 18.1. The van der Waals surface area contributed by atoms with Crippen molar-refractivity contribution in [3.8, 4) is 0 Å². The monoisotopic (exact) mass is 458 g/mol. The predicted octanol–water partition coefficient (Wildman–Crippen LogP) is 5.29. The fourth-order valence-corrected chi connectivity index (χ4v) is 3.66. The lowest BCUT2D eigenvalue weighted by atomic mass is 9.99. The minimum Gasteiger partial charge on any atom is -0.338 e. The number of hydrogen-bond donors (Lipinski definition) is 0. The molecule has 0 bridgehead atoms. The van der Waals surface area contributed by atoms with E-state index in [9.17, 15) is 8.78 Å². The number of halogens is 2. The fourth-order valence-electron chi connectivity index (χ4n) is 3.66. The van der Waals surface area contributed by atoms with Crippen LogP contribution >= 0.6 is 0 Å². The van der Waals surface area contributed by atoms with Crippen LogP contribution in [0.25, 0.3) is 0 Å². The highest BCUT2D eigenvalue weighted by Crippen LogP contribution is 2.27. The van der Waals surface area contributed by atoms with Crippen molar-refractivity contribution in [3.05, 3.63) is 131 Å². The Morgan fingerprint density at radius 1 is 0.588 bits per heavy atom. The van der Waals surface area contributed by atoms with E-state index in [1.54, 1.807) is 24.3 Å². The largest absolute Gasteiger partial charge is 0.338 e. The number of benzene rings is 3. The number of hydrogen-bond acceptors (Lipinski definition) is 6. The van der Waals surface area contributed by atoms with E-state index in [-0.39, 0.29) is 11.6 Å². The van der Waals surface area contributed by atoms with Crippen LogP contribution in [0.2, 0.25) is 0 Å². The molecule has 8 heteroatoms. The van der Waals surface area contributed by atoms with E-state index in [1.807, 2.05) is 30.3 Å². The molecule has 0 unspecified atom stereocenters. The van der Waals surface area contributed by atoms with Gasteiger partial charge in [0.2, 0.25) is 11.8 Å². The Morgan fingerprint density at radius 3 is 1.53 bits per heavy atom. The Balaban J connectivity index is 1.40. The lowest BCUT2D eigenvalue weighted by molar-refractivity contribution is 0.313. The molecule has 0 aliphatic rings. The fraction of sp³-hybridized carbons (Fsp3) is 0.154. The minimum absolute atomic E-state index is 0.298. The Labute approximate surface area is 194 Å². The van der Waals surface area contributed by atoms with Crippen molar-refractivity contribution >= 4 is 0 Å². The molecule has 0 N–H and O–H groups in total. The third-order valence-corrected chi connectivity index (χ3v) is 5.40. The third kappa shape index (κ3) is 5.23. The van der Waals surface area contributed by atoms with Crippen LogP contribution in [0.3, 0.4) is 0 Å². The van der Waals surface area contributed by atoms with Gasteiger partial charge in [0.05, 0.1) is 0 Å². The standard InChI is InChI=1S/C26H20F2N4O2/c27-20-10-6-18(7-11-20)15-23-29-25(33-31-23)22(14-17-4-2-1-3-5-17)26-30-24(32-34-26)16-19-8-12-21(28)13-9-19/h1-13,22H,14-16H2. The second kappa shape index (κ2) is 9.74. The lowest BCUT2D eigenvalue weighted by Crippen LogP contribution is -2.07. The molecule has 0 aliphatic carbocycles. The zero-order chi connectivity index (χ0) is 23.3. The second-order valence-electron chi connectivity index (χ2n) is 7.95. The summed E-state index contributed by atoms with van der Waals surface area (Å²) in [6.45, 7) is 0. The summed E-state index contributed by atoms with van der Waals surface area (Å²) >= 11 is 0. The molecule has 0 aliphatic heterocycles. The van der Waals surface area contributed by atoms with Gasteiger partial charge in [-0.05, 0) is 47.4 Å². The maximum atomic E-state index is 13.2. The molecule has 3 aromatic carbocycles. The van der Waals surface area contributed by atoms with E-state index < -0.39 is 5.92 Å². The van der Waals surface area contributed by atoms with Crippen molar-refractivity contribution in [2.24, 2.45) is 0 Å². The normalized spacial score (nSPS) is 11.3. The molecule has 0 atom stereocenters. The molecule has 170 valence electrons. The minimum atomic E-state index is -0.439. The topological polar surface area (TPSA) is 77.8 Å². The maximum absolute atomic E-state index is 13.2. The van der Waals surface area contributed by atoms with E-state index in [0.29, 0.717) is 42.7 Å². The Morgan fingerprint density at radius 2 is 1.06 bits per heavy atom. The van der Waals surface area contributed by atoms with Gasteiger partial charge in [-0.25, -0.2) is 8.78 Å². The molecule has 6 nitrogen and oxygen atoms in total. The van der Waals surface area contributed by atoms with Crippen LogP contribution in [0.4, 0.5) is 8.78 Å². The highest BCUT2D eigenvalue weighted by molar-refractivity contribution is 5.24. The summed E-state index contributed by atoms with van der Waals surface area (Å²) in [6.07, 6.45) is 1.33. The van der Waals surface area contributed by atoms with Crippen LogP contribution in [0.15, 0.2) is 87.9 Å². The molecule has 0 fully saturated rings. The summed E-state index contributed by atoms with van der Waals surface area (Å²) in [4.78, 5) is 9.13. The van der Waals surface area contributed by atoms with E-state index in [2.05, 4.69) is 20.3 Å². The highest BCUT2D eigenvalue weighted by atomic mass is 19.1. The van der Waals surface area contributed by atoms with E-state index in [4.69, 9.17) is 9.05 Å². The van der Waals surface area contributed by atoms with E-state index in [1.165, 1.54) is 24.3 Å². The summed E-state index contributed by atoms with van der Waals surface area (Å²) in [5, 5.41) is 8.20. The smallest absolute Gasteiger partial charge is 0.239 e. The molecule has 0 saturated carbocycles. The van der Waals surface area contributed by atoms with Gasteiger partial charge in [-0.2, -0.15) is 9.97 Å². The van der Waals surface area contributed by atoms with Gasteiger partial charge in [-0.1, -0.05) is 64.9 Å². The SMILES string of the molecule is Fc1ccc(Cc2noc(C(Cc3ccccc3)c3nc(Cc4ccc(F)cc4)no3)n2)cc1. The van der Waals surface area contributed by atoms with Gasteiger partial charge < -0.3 is 9.05 Å². The third-order valence-electron chi connectivity index (χ3n) is 5.40. The van der Waals surface area contributed by atoms with E-state index in [0.717, 1.165) is 16.7 Å². The first-order valence-corrected chi connectivity index (χ1v) is 10.8. The molecule has 5 rings (SSSR count). The number of aromatic nitrogens is 4. The van der Waals surface area contributed by atoms with E-state index >= 15 is 0 Å². The van der Waals surface area contributed by atoms with Crippen molar-refractivity contribution in [1.29, 1.82) is 0 Å². The van der Waals surface area contributed by atoms with Crippen molar-refractivity contribution in [2.75, 3.05) is 0 Å².